The summed E-state index contributed by atoms with van der Waals surface area (Å²) in [7, 11) is 0. The standard InChI is InChI=1S/C7H17NS/c1-5(2)6(3)9-7(4)8/h5-7H,8H2,1-4H3. The molecular formula is C7H17NS. The van der Waals surface area contributed by atoms with Crippen molar-refractivity contribution in [3.8, 4) is 0 Å². The molecule has 0 saturated carbocycles. The van der Waals surface area contributed by atoms with Gasteiger partial charge in [0.2, 0.25) is 0 Å². The Morgan fingerprint density at radius 2 is 1.56 bits per heavy atom. The summed E-state index contributed by atoms with van der Waals surface area (Å²) in [5.74, 6) is 0.737. The Morgan fingerprint density at radius 3 is 1.67 bits per heavy atom. The van der Waals surface area contributed by atoms with Crippen molar-refractivity contribution in [2.24, 2.45) is 11.7 Å². The second-order valence-corrected chi connectivity index (χ2v) is 4.55. The van der Waals surface area contributed by atoms with Crippen LogP contribution in [0.3, 0.4) is 0 Å². The molecule has 56 valence electrons. The minimum Gasteiger partial charge on any atom is -0.320 e. The summed E-state index contributed by atoms with van der Waals surface area (Å²) in [4.78, 5) is 0. The fourth-order valence-corrected chi connectivity index (χ4v) is 1.49. The third-order valence-electron chi connectivity index (χ3n) is 1.37. The Hall–Kier alpha value is 0.310. The average molecular weight is 147 g/mol. The van der Waals surface area contributed by atoms with Crippen molar-refractivity contribution in [3.05, 3.63) is 0 Å². The van der Waals surface area contributed by atoms with E-state index in [2.05, 4.69) is 20.8 Å². The highest BCUT2D eigenvalue weighted by Crippen LogP contribution is 2.20. The average Bonchev–Trinajstić information content (AvgIpc) is 1.63. The third kappa shape index (κ3) is 4.79. The smallest absolute Gasteiger partial charge is 0.0481 e. The van der Waals surface area contributed by atoms with Crippen molar-refractivity contribution in [1.29, 1.82) is 0 Å². The first-order valence-electron chi connectivity index (χ1n) is 3.45. The van der Waals surface area contributed by atoms with Crippen LogP contribution in [0.25, 0.3) is 0 Å². The van der Waals surface area contributed by atoms with E-state index in [0.717, 1.165) is 5.92 Å². The quantitative estimate of drug-likeness (QED) is 0.618. The van der Waals surface area contributed by atoms with Gasteiger partial charge in [-0.1, -0.05) is 20.8 Å². The molecule has 0 heterocycles. The maximum atomic E-state index is 5.59. The van der Waals surface area contributed by atoms with Crippen molar-refractivity contribution >= 4 is 11.8 Å². The van der Waals surface area contributed by atoms with Crippen LogP contribution in [0.2, 0.25) is 0 Å². The number of rotatable bonds is 3. The zero-order valence-electron chi connectivity index (χ0n) is 6.72. The maximum Gasteiger partial charge on any atom is 0.0481 e. The van der Waals surface area contributed by atoms with Gasteiger partial charge in [0.05, 0.1) is 0 Å². The normalized spacial score (nSPS) is 18.0. The second kappa shape index (κ2) is 4.18. The van der Waals surface area contributed by atoms with Crippen LogP contribution in [0.15, 0.2) is 0 Å². The Balaban J connectivity index is 3.38. The van der Waals surface area contributed by atoms with Crippen molar-refractivity contribution in [1.82, 2.24) is 0 Å². The van der Waals surface area contributed by atoms with E-state index in [1.165, 1.54) is 0 Å². The zero-order valence-corrected chi connectivity index (χ0v) is 7.53. The Kier molecular flexibility index (Phi) is 4.32. The number of nitrogens with two attached hydrogens (primary N) is 1. The molecule has 0 rings (SSSR count). The molecule has 0 aliphatic carbocycles. The summed E-state index contributed by atoms with van der Waals surface area (Å²) in [6, 6.07) is 0. The first-order chi connectivity index (χ1) is 4.04. The van der Waals surface area contributed by atoms with Gasteiger partial charge in [-0.2, -0.15) is 0 Å². The molecule has 0 aromatic rings. The molecule has 0 aliphatic heterocycles. The summed E-state index contributed by atoms with van der Waals surface area (Å²) in [6.45, 7) is 8.70. The van der Waals surface area contributed by atoms with E-state index < -0.39 is 0 Å². The maximum absolute atomic E-state index is 5.59. The van der Waals surface area contributed by atoms with E-state index in [0.29, 0.717) is 5.25 Å². The Labute approximate surface area is 62.4 Å². The van der Waals surface area contributed by atoms with E-state index in [1.807, 2.05) is 18.7 Å². The van der Waals surface area contributed by atoms with E-state index in [-0.39, 0.29) is 5.37 Å². The van der Waals surface area contributed by atoms with Gasteiger partial charge >= 0.3 is 0 Å². The van der Waals surface area contributed by atoms with Gasteiger partial charge in [0.15, 0.2) is 0 Å². The molecule has 0 radical (unpaired) electrons. The lowest BCUT2D eigenvalue weighted by Crippen LogP contribution is -2.17. The predicted octanol–water partition coefficient (Wildman–Crippen LogP) is 2.07. The van der Waals surface area contributed by atoms with Crippen LogP contribution < -0.4 is 5.73 Å². The van der Waals surface area contributed by atoms with Crippen LogP contribution in [0.5, 0.6) is 0 Å². The van der Waals surface area contributed by atoms with Gasteiger partial charge in [-0.25, -0.2) is 0 Å². The number of hydrogen-bond acceptors (Lipinski definition) is 2. The van der Waals surface area contributed by atoms with Crippen molar-refractivity contribution < 1.29 is 0 Å². The van der Waals surface area contributed by atoms with E-state index in [4.69, 9.17) is 5.73 Å². The summed E-state index contributed by atoms with van der Waals surface area (Å²) in [5.41, 5.74) is 5.59. The fraction of sp³-hybridized carbons (Fsp3) is 1.00. The largest absolute Gasteiger partial charge is 0.320 e. The molecule has 9 heavy (non-hydrogen) atoms. The highest BCUT2D eigenvalue weighted by Gasteiger charge is 2.08. The van der Waals surface area contributed by atoms with Gasteiger partial charge in [-0.3, -0.25) is 0 Å². The van der Waals surface area contributed by atoms with Crippen LogP contribution in [-0.2, 0) is 0 Å². The van der Waals surface area contributed by atoms with Crippen molar-refractivity contribution in [2.45, 2.75) is 38.3 Å². The lowest BCUT2D eigenvalue weighted by atomic mass is 10.2. The highest BCUT2D eigenvalue weighted by atomic mass is 32.2. The minimum absolute atomic E-state index is 0.280. The second-order valence-electron chi connectivity index (χ2n) is 2.79. The topological polar surface area (TPSA) is 26.0 Å². The molecule has 0 saturated heterocycles. The minimum atomic E-state index is 0.280. The number of thioether (sulfide) groups is 1. The fourth-order valence-electron chi connectivity index (χ4n) is 0.496. The molecule has 0 aromatic heterocycles. The SMILES string of the molecule is CC(N)SC(C)C(C)C. The molecule has 0 bridgehead atoms. The van der Waals surface area contributed by atoms with Gasteiger partial charge < -0.3 is 5.73 Å². The highest BCUT2D eigenvalue weighted by molar-refractivity contribution is 8.00. The van der Waals surface area contributed by atoms with Gasteiger partial charge in [-0.15, -0.1) is 11.8 Å². The Morgan fingerprint density at radius 1 is 1.11 bits per heavy atom. The molecule has 2 heteroatoms. The first-order valence-corrected chi connectivity index (χ1v) is 4.39. The van der Waals surface area contributed by atoms with Crippen molar-refractivity contribution in [2.75, 3.05) is 0 Å². The van der Waals surface area contributed by atoms with Crippen LogP contribution in [0.1, 0.15) is 27.7 Å². The molecular weight excluding hydrogens is 130 g/mol. The number of hydrogen-bond donors (Lipinski definition) is 1. The van der Waals surface area contributed by atoms with E-state index >= 15 is 0 Å². The van der Waals surface area contributed by atoms with Crippen molar-refractivity contribution in [3.63, 3.8) is 0 Å². The summed E-state index contributed by atoms with van der Waals surface area (Å²) in [6.07, 6.45) is 0. The molecule has 2 N–H and O–H groups in total. The van der Waals surface area contributed by atoms with Gasteiger partial charge in [0.25, 0.3) is 0 Å². The van der Waals surface area contributed by atoms with Gasteiger partial charge in [0.1, 0.15) is 0 Å². The molecule has 0 aromatic carbocycles. The van der Waals surface area contributed by atoms with Crippen LogP contribution in [-0.4, -0.2) is 10.6 Å². The lowest BCUT2D eigenvalue weighted by Gasteiger charge is -2.16. The molecule has 2 atom stereocenters. The van der Waals surface area contributed by atoms with Crippen LogP contribution in [0.4, 0.5) is 0 Å². The van der Waals surface area contributed by atoms with Crippen LogP contribution in [0, 0.1) is 5.92 Å². The van der Waals surface area contributed by atoms with Gasteiger partial charge in [0, 0.05) is 10.6 Å². The van der Waals surface area contributed by atoms with E-state index in [1.54, 1.807) is 0 Å². The molecule has 0 spiro atoms. The first kappa shape index (κ1) is 9.31. The molecule has 0 aliphatic rings. The zero-order chi connectivity index (χ0) is 7.44. The van der Waals surface area contributed by atoms with Gasteiger partial charge in [-0.05, 0) is 12.8 Å². The van der Waals surface area contributed by atoms with Crippen LogP contribution >= 0.6 is 11.8 Å². The third-order valence-corrected chi connectivity index (χ3v) is 2.77. The summed E-state index contributed by atoms with van der Waals surface area (Å²) >= 11 is 1.84. The molecule has 0 fully saturated rings. The lowest BCUT2D eigenvalue weighted by molar-refractivity contribution is 0.640. The predicted molar refractivity (Wildman–Crippen MR) is 45.5 cm³/mol. The monoisotopic (exact) mass is 147 g/mol. The molecule has 0 amide bonds. The summed E-state index contributed by atoms with van der Waals surface area (Å²) < 4.78 is 0. The Bertz CT molecular complexity index is 71.3. The summed E-state index contributed by atoms with van der Waals surface area (Å²) in [5, 5.41) is 0.965. The molecule has 2 unspecified atom stereocenters. The van der Waals surface area contributed by atoms with E-state index in [9.17, 15) is 0 Å². The molecule has 1 nitrogen and oxygen atoms in total.